The van der Waals surface area contributed by atoms with Crippen molar-refractivity contribution in [2.75, 3.05) is 32.7 Å². The van der Waals surface area contributed by atoms with Gasteiger partial charge in [0, 0.05) is 13.1 Å². The van der Waals surface area contributed by atoms with E-state index in [1.807, 2.05) is 0 Å². The molecular weight excluding hydrogens is 256 g/mol. The van der Waals surface area contributed by atoms with Crippen molar-refractivity contribution in [1.82, 2.24) is 10.2 Å². The molecule has 2 rings (SSSR count). The maximum Gasteiger partial charge on any atom is 0.00501 e. The summed E-state index contributed by atoms with van der Waals surface area (Å²) in [5, 5.41) is 3.76. The number of hydrogen-bond donors (Lipinski definition) is 1. The first-order valence-corrected chi connectivity index (χ1v) is 9.40. The van der Waals surface area contributed by atoms with Crippen LogP contribution in [0, 0.1) is 16.7 Å². The molecule has 1 N–H and O–H groups in total. The first-order chi connectivity index (χ1) is 9.97. The minimum absolute atomic E-state index is 0.578. The van der Waals surface area contributed by atoms with Gasteiger partial charge in [-0.15, -0.1) is 0 Å². The van der Waals surface area contributed by atoms with Gasteiger partial charge in [-0.25, -0.2) is 0 Å². The van der Waals surface area contributed by atoms with Gasteiger partial charge in [-0.2, -0.15) is 0 Å². The van der Waals surface area contributed by atoms with E-state index in [0.717, 1.165) is 5.92 Å². The highest BCUT2D eigenvalue weighted by Gasteiger charge is 2.37. The minimum atomic E-state index is 0.578. The minimum Gasteiger partial charge on any atom is -0.316 e. The SMILES string of the molecule is CCC1(C)CCN(CC2(CNCC(C)C)CCCC2)CC1. The Morgan fingerprint density at radius 1 is 1.05 bits per heavy atom. The molecule has 0 aromatic heterocycles. The molecule has 0 aromatic rings. The van der Waals surface area contributed by atoms with Crippen LogP contribution in [0.4, 0.5) is 0 Å². The highest BCUT2D eigenvalue weighted by molar-refractivity contribution is 4.91. The van der Waals surface area contributed by atoms with E-state index in [1.54, 1.807) is 0 Å². The van der Waals surface area contributed by atoms with E-state index >= 15 is 0 Å². The monoisotopic (exact) mass is 294 g/mol. The molecule has 1 aliphatic carbocycles. The van der Waals surface area contributed by atoms with Gasteiger partial charge in [0.1, 0.15) is 0 Å². The van der Waals surface area contributed by atoms with Crippen LogP contribution in [-0.2, 0) is 0 Å². The fourth-order valence-corrected chi connectivity index (χ4v) is 4.22. The van der Waals surface area contributed by atoms with Crippen molar-refractivity contribution in [2.24, 2.45) is 16.7 Å². The Hall–Kier alpha value is -0.0800. The first kappa shape index (κ1) is 17.3. The summed E-state index contributed by atoms with van der Waals surface area (Å²) in [5.41, 5.74) is 1.20. The van der Waals surface area contributed by atoms with E-state index in [0.29, 0.717) is 10.8 Å². The fourth-order valence-electron chi connectivity index (χ4n) is 4.22. The van der Waals surface area contributed by atoms with Gasteiger partial charge in [-0.3, -0.25) is 0 Å². The fraction of sp³-hybridized carbons (Fsp3) is 1.00. The number of nitrogens with one attached hydrogen (secondary N) is 1. The molecule has 2 aliphatic rings. The van der Waals surface area contributed by atoms with Crippen LogP contribution in [0.1, 0.15) is 72.6 Å². The Morgan fingerprint density at radius 2 is 1.67 bits per heavy atom. The van der Waals surface area contributed by atoms with E-state index in [9.17, 15) is 0 Å². The molecule has 0 radical (unpaired) electrons. The van der Waals surface area contributed by atoms with Crippen LogP contribution in [0.15, 0.2) is 0 Å². The van der Waals surface area contributed by atoms with Crippen LogP contribution in [0.2, 0.25) is 0 Å². The van der Waals surface area contributed by atoms with Crippen LogP contribution >= 0.6 is 0 Å². The summed E-state index contributed by atoms with van der Waals surface area (Å²) in [5.74, 6) is 0.767. The predicted molar refractivity (Wildman–Crippen MR) is 92.7 cm³/mol. The molecule has 2 nitrogen and oxygen atoms in total. The van der Waals surface area contributed by atoms with Gasteiger partial charge in [-0.05, 0) is 62.1 Å². The lowest BCUT2D eigenvalue weighted by Crippen LogP contribution is -2.47. The number of hydrogen-bond acceptors (Lipinski definition) is 2. The quantitative estimate of drug-likeness (QED) is 0.753. The van der Waals surface area contributed by atoms with Crippen molar-refractivity contribution in [3.8, 4) is 0 Å². The van der Waals surface area contributed by atoms with Crippen LogP contribution in [0.3, 0.4) is 0 Å². The lowest BCUT2D eigenvalue weighted by atomic mass is 9.77. The Morgan fingerprint density at radius 3 is 2.19 bits per heavy atom. The zero-order valence-electron chi connectivity index (χ0n) is 15.0. The van der Waals surface area contributed by atoms with Gasteiger partial charge in [0.25, 0.3) is 0 Å². The predicted octanol–water partition coefficient (Wildman–Crippen LogP) is 4.30. The van der Waals surface area contributed by atoms with Gasteiger partial charge in [0.15, 0.2) is 0 Å². The van der Waals surface area contributed by atoms with Gasteiger partial charge in [-0.1, -0.05) is 47.0 Å². The summed E-state index contributed by atoms with van der Waals surface area (Å²) in [6, 6.07) is 0. The summed E-state index contributed by atoms with van der Waals surface area (Å²) in [6.45, 7) is 15.9. The number of piperidine rings is 1. The van der Waals surface area contributed by atoms with E-state index in [4.69, 9.17) is 0 Å². The maximum atomic E-state index is 3.76. The number of likely N-dealkylation sites (tertiary alicyclic amines) is 1. The van der Waals surface area contributed by atoms with E-state index in [2.05, 4.69) is 37.9 Å². The van der Waals surface area contributed by atoms with Crippen molar-refractivity contribution in [3.63, 3.8) is 0 Å². The Bertz CT molecular complexity index is 297. The number of rotatable bonds is 7. The second kappa shape index (κ2) is 7.46. The maximum absolute atomic E-state index is 3.76. The Balaban J connectivity index is 1.83. The Kier molecular flexibility index (Phi) is 6.14. The second-order valence-electron chi connectivity index (χ2n) is 8.67. The van der Waals surface area contributed by atoms with Crippen molar-refractivity contribution < 1.29 is 0 Å². The van der Waals surface area contributed by atoms with Crippen LogP contribution in [0.25, 0.3) is 0 Å². The van der Waals surface area contributed by atoms with Gasteiger partial charge in [0.05, 0.1) is 0 Å². The van der Waals surface area contributed by atoms with Gasteiger partial charge >= 0.3 is 0 Å². The third-order valence-corrected chi connectivity index (χ3v) is 6.19. The number of nitrogens with zero attached hydrogens (tertiary/aromatic N) is 1. The average Bonchev–Trinajstić information content (AvgIpc) is 2.90. The molecule has 0 bridgehead atoms. The normalized spacial score (nSPS) is 25.6. The first-order valence-electron chi connectivity index (χ1n) is 9.40. The lowest BCUT2D eigenvalue weighted by Gasteiger charge is -2.43. The molecule has 1 saturated heterocycles. The molecule has 0 unspecified atom stereocenters. The third kappa shape index (κ3) is 4.96. The van der Waals surface area contributed by atoms with Gasteiger partial charge in [0.2, 0.25) is 0 Å². The third-order valence-electron chi connectivity index (χ3n) is 6.19. The molecule has 124 valence electrons. The molecule has 2 fully saturated rings. The zero-order chi connectivity index (χ0) is 15.3. The Labute approximate surface area is 133 Å². The van der Waals surface area contributed by atoms with Crippen molar-refractivity contribution in [1.29, 1.82) is 0 Å². The molecule has 0 amide bonds. The zero-order valence-corrected chi connectivity index (χ0v) is 15.0. The van der Waals surface area contributed by atoms with Gasteiger partial charge < -0.3 is 10.2 Å². The van der Waals surface area contributed by atoms with E-state index < -0.39 is 0 Å². The molecule has 21 heavy (non-hydrogen) atoms. The summed E-state index contributed by atoms with van der Waals surface area (Å²) in [7, 11) is 0. The largest absolute Gasteiger partial charge is 0.316 e. The molecular formula is C19H38N2. The summed E-state index contributed by atoms with van der Waals surface area (Å²) in [4.78, 5) is 2.78. The molecule has 1 aliphatic heterocycles. The molecule has 2 heteroatoms. The second-order valence-corrected chi connectivity index (χ2v) is 8.67. The molecule has 1 heterocycles. The molecule has 0 atom stereocenters. The molecule has 1 saturated carbocycles. The smallest absolute Gasteiger partial charge is 0.00501 e. The van der Waals surface area contributed by atoms with E-state index in [-0.39, 0.29) is 0 Å². The highest BCUT2D eigenvalue weighted by atomic mass is 15.1. The molecule has 0 spiro atoms. The summed E-state index contributed by atoms with van der Waals surface area (Å²) < 4.78 is 0. The van der Waals surface area contributed by atoms with Crippen LogP contribution in [0.5, 0.6) is 0 Å². The molecule has 0 aromatic carbocycles. The van der Waals surface area contributed by atoms with Crippen molar-refractivity contribution >= 4 is 0 Å². The standard InChI is InChI=1S/C19H38N2/c1-5-18(4)10-12-21(13-11-18)16-19(8-6-7-9-19)15-20-14-17(2)3/h17,20H,5-16H2,1-4H3. The van der Waals surface area contributed by atoms with Crippen molar-refractivity contribution in [3.05, 3.63) is 0 Å². The summed E-state index contributed by atoms with van der Waals surface area (Å²) >= 11 is 0. The lowest BCUT2D eigenvalue weighted by molar-refractivity contribution is 0.0723. The highest BCUT2D eigenvalue weighted by Crippen LogP contribution is 2.40. The summed E-state index contributed by atoms with van der Waals surface area (Å²) in [6.07, 6.45) is 9.94. The van der Waals surface area contributed by atoms with E-state index in [1.165, 1.54) is 77.7 Å². The van der Waals surface area contributed by atoms with Crippen LogP contribution in [-0.4, -0.2) is 37.6 Å². The van der Waals surface area contributed by atoms with Crippen molar-refractivity contribution in [2.45, 2.75) is 72.6 Å². The van der Waals surface area contributed by atoms with Crippen LogP contribution < -0.4 is 5.32 Å². The topological polar surface area (TPSA) is 15.3 Å². The average molecular weight is 295 g/mol.